The minimum absolute atomic E-state index is 0.248. The van der Waals surface area contributed by atoms with Gasteiger partial charge in [0.15, 0.2) is 0 Å². The molecule has 1 aromatic carbocycles. The van der Waals surface area contributed by atoms with Crippen LogP contribution in [0.25, 0.3) is 0 Å². The summed E-state index contributed by atoms with van der Waals surface area (Å²) < 4.78 is 5.31. The van der Waals surface area contributed by atoms with Crippen LogP contribution in [0, 0.1) is 6.92 Å². The van der Waals surface area contributed by atoms with Gasteiger partial charge in [-0.3, -0.25) is 0 Å². The van der Waals surface area contributed by atoms with E-state index in [9.17, 15) is 0 Å². The molecule has 0 fully saturated rings. The van der Waals surface area contributed by atoms with Gasteiger partial charge in [0.2, 0.25) is 5.88 Å². The predicted octanol–water partition coefficient (Wildman–Crippen LogP) is 1.68. The van der Waals surface area contributed by atoms with Gasteiger partial charge in [0.1, 0.15) is 12.1 Å². The van der Waals surface area contributed by atoms with Crippen molar-refractivity contribution in [2.24, 2.45) is 5.73 Å². The molecule has 0 amide bonds. The Hall–Kier alpha value is -2.14. The third kappa shape index (κ3) is 2.45. The largest absolute Gasteiger partial charge is 0.481 e. The molecule has 1 aromatic heterocycles. The quantitative estimate of drug-likeness (QED) is 0.929. The highest BCUT2D eigenvalue weighted by atomic mass is 16.5. The number of nitrogens with zero attached hydrogens (tertiary/aromatic N) is 3. The summed E-state index contributed by atoms with van der Waals surface area (Å²) in [5.41, 5.74) is 9.66. The molecular weight excluding hydrogens is 264 g/mol. The van der Waals surface area contributed by atoms with Gasteiger partial charge in [0.05, 0.1) is 12.7 Å². The molecule has 1 aliphatic heterocycles. The number of hydrogen-bond donors (Lipinski definition) is 1. The first-order valence-electron chi connectivity index (χ1n) is 7.13. The van der Waals surface area contributed by atoms with Crippen molar-refractivity contribution in [2.75, 3.05) is 18.6 Å². The highest BCUT2D eigenvalue weighted by Crippen LogP contribution is 2.31. The van der Waals surface area contributed by atoms with Crippen LogP contribution >= 0.6 is 0 Å². The van der Waals surface area contributed by atoms with Crippen molar-refractivity contribution >= 4 is 5.82 Å². The van der Waals surface area contributed by atoms with Gasteiger partial charge in [-0.2, -0.15) is 0 Å². The summed E-state index contributed by atoms with van der Waals surface area (Å²) >= 11 is 0. The average Bonchev–Trinajstić information content (AvgIpc) is 2.54. The van der Waals surface area contributed by atoms with E-state index in [0.29, 0.717) is 12.4 Å². The minimum Gasteiger partial charge on any atom is -0.481 e. The van der Waals surface area contributed by atoms with Gasteiger partial charge in [0, 0.05) is 19.1 Å². The summed E-state index contributed by atoms with van der Waals surface area (Å²) in [6, 6.07) is 8.76. The lowest BCUT2D eigenvalue weighted by Crippen LogP contribution is -2.45. The third-order valence-electron chi connectivity index (χ3n) is 4.10. The smallest absolute Gasteiger partial charge is 0.221 e. The predicted molar refractivity (Wildman–Crippen MR) is 82.5 cm³/mol. The average molecular weight is 284 g/mol. The van der Waals surface area contributed by atoms with Crippen LogP contribution < -0.4 is 15.4 Å². The Morgan fingerprint density at radius 1 is 1.29 bits per heavy atom. The van der Waals surface area contributed by atoms with Crippen molar-refractivity contribution in [3.8, 4) is 5.88 Å². The topological polar surface area (TPSA) is 64.3 Å². The summed E-state index contributed by atoms with van der Waals surface area (Å²) in [6.45, 7) is 3.40. The van der Waals surface area contributed by atoms with E-state index in [0.717, 1.165) is 24.3 Å². The molecule has 5 nitrogen and oxygen atoms in total. The van der Waals surface area contributed by atoms with Gasteiger partial charge >= 0.3 is 0 Å². The Balaban J connectivity index is 2.02. The lowest BCUT2D eigenvalue weighted by atomic mass is 9.93. The summed E-state index contributed by atoms with van der Waals surface area (Å²) in [4.78, 5) is 10.9. The number of benzene rings is 1. The van der Waals surface area contributed by atoms with Gasteiger partial charge in [-0.1, -0.05) is 24.3 Å². The second-order valence-electron chi connectivity index (χ2n) is 5.32. The normalized spacial score (nSPS) is 17.5. The Labute approximate surface area is 124 Å². The molecule has 0 saturated carbocycles. The number of aromatic nitrogens is 2. The summed E-state index contributed by atoms with van der Waals surface area (Å²) in [5, 5.41) is 0. The number of rotatable bonds is 3. The van der Waals surface area contributed by atoms with Crippen LogP contribution in [0.5, 0.6) is 5.88 Å². The lowest BCUT2D eigenvalue weighted by Gasteiger charge is -2.38. The molecule has 1 unspecified atom stereocenters. The molecule has 0 bridgehead atoms. The number of ether oxygens (including phenoxy) is 1. The van der Waals surface area contributed by atoms with Gasteiger partial charge in [-0.25, -0.2) is 9.97 Å². The highest BCUT2D eigenvalue weighted by Gasteiger charge is 2.27. The summed E-state index contributed by atoms with van der Waals surface area (Å²) in [7, 11) is 1.63. The van der Waals surface area contributed by atoms with Crippen molar-refractivity contribution in [2.45, 2.75) is 25.9 Å². The number of hydrogen-bond acceptors (Lipinski definition) is 5. The molecule has 21 heavy (non-hydrogen) atoms. The Kier molecular flexibility index (Phi) is 3.75. The van der Waals surface area contributed by atoms with Crippen molar-refractivity contribution in [1.29, 1.82) is 0 Å². The van der Waals surface area contributed by atoms with Crippen LogP contribution in [-0.4, -0.2) is 29.7 Å². The molecule has 3 rings (SSSR count). The molecule has 2 aromatic rings. The molecular formula is C16H20N4O. The van der Waals surface area contributed by atoms with Crippen molar-refractivity contribution in [3.63, 3.8) is 0 Å². The van der Waals surface area contributed by atoms with Gasteiger partial charge in [0.25, 0.3) is 0 Å². The molecule has 1 aliphatic rings. The molecule has 5 heteroatoms. The van der Waals surface area contributed by atoms with Crippen LogP contribution in [0.15, 0.2) is 30.6 Å². The molecule has 0 radical (unpaired) electrons. The van der Waals surface area contributed by atoms with E-state index < -0.39 is 0 Å². The summed E-state index contributed by atoms with van der Waals surface area (Å²) in [6.07, 6.45) is 2.49. The number of anilines is 1. The standard InChI is InChI=1S/C16H20N4O/c1-11-15(18-10-19-16(11)21-2)20-9-13-6-4-3-5-12(13)7-14(20)8-17/h3-6,10,14H,7-9,17H2,1-2H3. The first-order valence-corrected chi connectivity index (χ1v) is 7.13. The second kappa shape index (κ2) is 5.69. The van der Waals surface area contributed by atoms with Crippen molar-refractivity contribution in [1.82, 2.24) is 9.97 Å². The third-order valence-corrected chi connectivity index (χ3v) is 4.10. The Morgan fingerprint density at radius 2 is 2.05 bits per heavy atom. The SMILES string of the molecule is COc1ncnc(N2Cc3ccccc3CC2CN)c1C. The van der Waals surface area contributed by atoms with Crippen LogP contribution in [0.1, 0.15) is 16.7 Å². The fourth-order valence-electron chi connectivity index (χ4n) is 2.97. The first kappa shape index (κ1) is 13.8. The maximum Gasteiger partial charge on any atom is 0.221 e. The fraction of sp³-hybridized carbons (Fsp3) is 0.375. The highest BCUT2D eigenvalue weighted by molar-refractivity contribution is 5.53. The molecule has 0 aliphatic carbocycles. The Bertz CT molecular complexity index is 644. The maximum absolute atomic E-state index is 5.99. The number of fused-ring (bicyclic) bond motifs is 1. The van der Waals surface area contributed by atoms with Crippen molar-refractivity contribution in [3.05, 3.63) is 47.3 Å². The molecule has 0 spiro atoms. The molecule has 2 N–H and O–H groups in total. The minimum atomic E-state index is 0.248. The lowest BCUT2D eigenvalue weighted by molar-refractivity contribution is 0.392. The van der Waals surface area contributed by atoms with E-state index in [1.54, 1.807) is 13.4 Å². The van der Waals surface area contributed by atoms with E-state index in [4.69, 9.17) is 10.5 Å². The van der Waals surface area contributed by atoms with E-state index in [1.807, 2.05) is 6.92 Å². The molecule has 0 saturated heterocycles. The fourth-order valence-corrected chi connectivity index (χ4v) is 2.97. The zero-order valence-corrected chi connectivity index (χ0v) is 12.4. The van der Waals surface area contributed by atoms with Gasteiger partial charge < -0.3 is 15.4 Å². The first-order chi connectivity index (χ1) is 10.2. The van der Waals surface area contributed by atoms with E-state index in [1.165, 1.54) is 11.1 Å². The molecule has 110 valence electrons. The second-order valence-corrected chi connectivity index (χ2v) is 5.32. The van der Waals surface area contributed by atoms with E-state index in [2.05, 4.69) is 39.1 Å². The Morgan fingerprint density at radius 3 is 2.76 bits per heavy atom. The van der Waals surface area contributed by atoms with Gasteiger partial charge in [-0.15, -0.1) is 0 Å². The van der Waals surface area contributed by atoms with Crippen LogP contribution in [0.4, 0.5) is 5.82 Å². The molecule has 2 heterocycles. The van der Waals surface area contributed by atoms with Crippen molar-refractivity contribution < 1.29 is 4.74 Å². The number of methoxy groups -OCH3 is 1. The zero-order valence-electron chi connectivity index (χ0n) is 12.4. The van der Waals surface area contributed by atoms with Crippen LogP contribution in [0.2, 0.25) is 0 Å². The molecule has 1 atom stereocenters. The summed E-state index contributed by atoms with van der Waals surface area (Å²) in [5.74, 6) is 1.53. The monoisotopic (exact) mass is 284 g/mol. The number of nitrogens with two attached hydrogens (primary N) is 1. The van der Waals surface area contributed by atoms with Gasteiger partial charge in [-0.05, 0) is 24.5 Å². The van der Waals surface area contributed by atoms with E-state index in [-0.39, 0.29) is 6.04 Å². The van der Waals surface area contributed by atoms with Crippen LogP contribution in [-0.2, 0) is 13.0 Å². The van der Waals surface area contributed by atoms with E-state index >= 15 is 0 Å². The zero-order chi connectivity index (χ0) is 14.8. The van der Waals surface area contributed by atoms with Crippen LogP contribution in [0.3, 0.4) is 0 Å². The maximum atomic E-state index is 5.99.